The summed E-state index contributed by atoms with van der Waals surface area (Å²) in [4.78, 5) is 49.9. The van der Waals surface area contributed by atoms with E-state index in [1.807, 2.05) is 0 Å². The molecule has 1 aliphatic heterocycles. The predicted octanol–water partition coefficient (Wildman–Crippen LogP) is 1.85. The van der Waals surface area contributed by atoms with Crippen molar-refractivity contribution in [2.24, 2.45) is 0 Å². The molecule has 2 aromatic carbocycles. The minimum Gasteiger partial charge on any atom is -0.355 e. The van der Waals surface area contributed by atoms with Gasteiger partial charge in [0.05, 0.1) is 6.54 Å². The Morgan fingerprint density at radius 2 is 1.77 bits per heavy atom. The second kappa shape index (κ2) is 9.21. The Morgan fingerprint density at radius 3 is 2.40 bits per heavy atom. The summed E-state index contributed by atoms with van der Waals surface area (Å²) in [6.07, 6.45) is 1.38. The van der Waals surface area contributed by atoms with E-state index in [0.29, 0.717) is 35.3 Å². The Bertz CT molecular complexity index is 985. The highest BCUT2D eigenvalue weighted by Gasteiger charge is 2.21. The highest BCUT2D eigenvalue weighted by molar-refractivity contribution is 6.02. The zero-order valence-electron chi connectivity index (χ0n) is 17.0. The highest BCUT2D eigenvalue weighted by Crippen LogP contribution is 2.22. The van der Waals surface area contributed by atoms with Crippen LogP contribution in [0.1, 0.15) is 39.1 Å². The molecule has 1 fully saturated rings. The summed E-state index contributed by atoms with van der Waals surface area (Å²) < 4.78 is 0. The van der Waals surface area contributed by atoms with E-state index in [0.717, 1.165) is 12.1 Å². The summed E-state index contributed by atoms with van der Waals surface area (Å²) in [5, 5.41) is 7.84. The van der Waals surface area contributed by atoms with Gasteiger partial charge in [-0.2, -0.15) is 0 Å². The minimum absolute atomic E-state index is 0.0830. The van der Waals surface area contributed by atoms with Crippen LogP contribution in [0.25, 0.3) is 0 Å². The lowest BCUT2D eigenvalue weighted by molar-refractivity contribution is -0.117. The first-order valence-corrected chi connectivity index (χ1v) is 9.71. The van der Waals surface area contributed by atoms with Crippen molar-refractivity contribution < 1.29 is 19.2 Å². The van der Waals surface area contributed by atoms with Crippen molar-refractivity contribution in [1.29, 1.82) is 0 Å². The van der Waals surface area contributed by atoms with E-state index in [1.54, 1.807) is 54.3 Å². The molecule has 3 N–H and O–H groups in total. The molecule has 0 unspecified atom stereocenters. The highest BCUT2D eigenvalue weighted by atomic mass is 16.2. The molecule has 0 aliphatic carbocycles. The smallest absolute Gasteiger partial charge is 0.251 e. The van der Waals surface area contributed by atoms with E-state index >= 15 is 0 Å². The molecule has 156 valence electrons. The van der Waals surface area contributed by atoms with Gasteiger partial charge in [0, 0.05) is 42.5 Å². The first-order chi connectivity index (χ1) is 14.4. The van der Waals surface area contributed by atoms with E-state index in [2.05, 4.69) is 16.0 Å². The van der Waals surface area contributed by atoms with Crippen molar-refractivity contribution in [2.45, 2.75) is 19.8 Å². The Labute approximate surface area is 174 Å². The topological polar surface area (TPSA) is 108 Å². The summed E-state index contributed by atoms with van der Waals surface area (Å²) in [5.74, 6) is -0.948. The number of hydrogen-bond acceptors (Lipinski definition) is 4. The number of hydrogen-bond donors (Lipinski definition) is 3. The molecule has 0 saturated carbocycles. The quantitative estimate of drug-likeness (QED) is 0.678. The molecule has 8 heteroatoms. The van der Waals surface area contributed by atoms with Gasteiger partial charge in [0.2, 0.25) is 11.8 Å². The summed E-state index contributed by atoms with van der Waals surface area (Å²) in [5.41, 5.74) is 2.78. The van der Waals surface area contributed by atoms with E-state index in [-0.39, 0.29) is 24.3 Å². The van der Waals surface area contributed by atoms with Gasteiger partial charge in [-0.3, -0.25) is 19.2 Å². The van der Waals surface area contributed by atoms with Gasteiger partial charge in [0.1, 0.15) is 0 Å². The largest absolute Gasteiger partial charge is 0.355 e. The first kappa shape index (κ1) is 21.0. The lowest BCUT2D eigenvalue weighted by Crippen LogP contribution is -2.33. The average molecular weight is 408 g/mol. The molecule has 2 aromatic rings. The summed E-state index contributed by atoms with van der Waals surface area (Å²) in [6, 6.07) is 11.8. The van der Waals surface area contributed by atoms with Crippen molar-refractivity contribution in [3.8, 4) is 0 Å². The summed E-state index contributed by atoms with van der Waals surface area (Å²) in [6.45, 7) is 2.21. The molecule has 8 nitrogen and oxygen atoms in total. The van der Waals surface area contributed by atoms with Crippen LogP contribution in [0.3, 0.4) is 0 Å². The first-order valence-electron chi connectivity index (χ1n) is 9.71. The molecule has 0 atom stereocenters. The van der Waals surface area contributed by atoms with Gasteiger partial charge in [0.15, 0.2) is 0 Å². The Balaban J connectivity index is 1.56. The number of carbonyl (C=O) groups is 4. The number of carbonyl (C=O) groups excluding carboxylic acids is 4. The van der Waals surface area contributed by atoms with E-state index in [1.165, 1.54) is 7.05 Å². The van der Waals surface area contributed by atoms with E-state index < -0.39 is 5.91 Å². The fraction of sp³-hybridized carbons (Fsp3) is 0.273. The molecule has 3 rings (SSSR count). The molecule has 4 amide bonds. The van der Waals surface area contributed by atoms with E-state index in [4.69, 9.17) is 0 Å². The van der Waals surface area contributed by atoms with Crippen molar-refractivity contribution in [1.82, 2.24) is 10.6 Å². The van der Waals surface area contributed by atoms with Gasteiger partial charge < -0.3 is 20.9 Å². The molecule has 1 heterocycles. The number of nitrogens with one attached hydrogen (secondary N) is 3. The molecule has 0 bridgehead atoms. The van der Waals surface area contributed by atoms with Crippen LogP contribution >= 0.6 is 0 Å². The number of nitrogens with zero attached hydrogens (tertiary/aromatic N) is 1. The number of benzene rings is 2. The molecular weight excluding hydrogens is 384 g/mol. The normalized spacial score (nSPS) is 13.1. The monoisotopic (exact) mass is 408 g/mol. The predicted molar refractivity (Wildman–Crippen MR) is 114 cm³/mol. The van der Waals surface area contributed by atoms with Crippen molar-refractivity contribution in [2.75, 3.05) is 30.4 Å². The van der Waals surface area contributed by atoms with Crippen LogP contribution in [-0.2, 0) is 9.59 Å². The SMILES string of the molecule is CNC(=O)c1cccc(NC(=O)CNC(=O)c2ccc(N3CCCC3=O)cc2)c1C. The number of rotatable bonds is 6. The average Bonchev–Trinajstić information content (AvgIpc) is 3.19. The lowest BCUT2D eigenvalue weighted by Gasteiger charge is -2.16. The van der Waals surface area contributed by atoms with Gasteiger partial charge in [-0.1, -0.05) is 6.07 Å². The number of amides is 4. The summed E-state index contributed by atoms with van der Waals surface area (Å²) >= 11 is 0. The second-order valence-corrected chi connectivity index (χ2v) is 6.98. The van der Waals surface area contributed by atoms with Gasteiger partial charge in [-0.05, 0) is 55.3 Å². The second-order valence-electron chi connectivity index (χ2n) is 6.98. The van der Waals surface area contributed by atoms with Crippen LogP contribution < -0.4 is 20.9 Å². The zero-order chi connectivity index (χ0) is 21.7. The Kier molecular flexibility index (Phi) is 6.46. The molecule has 30 heavy (non-hydrogen) atoms. The van der Waals surface area contributed by atoms with Crippen LogP contribution in [0.15, 0.2) is 42.5 Å². The molecule has 0 spiro atoms. The van der Waals surface area contributed by atoms with Crippen LogP contribution in [0, 0.1) is 6.92 Å². The lowest BCUT2D eigenvalue weighted by atomic mass is 10.1. The van der Waals surface area contributed by atoms with Crippen molar-refractivity contribution in [3.05, 3.63) is 59.2 Å². The van der Waals surface area contributed by atoms with Gasteiger partial charge in [-0.25, -0.2) is 0 Å². The third-order valence-corrected chi connectivity index (χ3v) is 5.00. The third kappa shape index (κ3) is 4.65. The van der Waals surface area contributed by atoms with Crippen molar-refractivity contribution in [3.63, 3.8) is 0 Å². The molecule has 0 aromatic heterocycles. The molecule has 1 saturated heterocycles. The van der Waals surface area contributed by atoms with Crippen molar-refractivity contribution >= 4 is 35.0 Å². The maximum Gasteiger partial charge on any atom is 0.251 e. The van der Waals surface area contributed by atoms with Crippen LogP contribution in [-0.4, -0.2) is 43.8 Å². The van der Waals surface area contributed by atoms with Gasteiger partial charge >= 0.3 is 0 Å². The maximum absolute atomic E-state index is 12.3. The third-order valence-electron chi connectivity index (χ3n) is 5.00. The van der Waals surface area contributed by atoms with Gasteiger partial charge in [0.25, 0.3) is 11.8 Å². The molecular formula is C22H24N4O4. The minimum atomic E-state index is -0.403. The van der Waals surface area contributed by atoms with E-state index in [9.17, 15) is 19.2 Å². The van der Waals surface area contributed by atoms with Crippen LogP contribution in [0.2, 0.25) is 0 Å². The molecule has 1 aliphatic rings. The van der Waals surface area contributed by atoms with Crippen LogP contribution in [0.5, 0.6) is 0 Å². The fourth-order valence-corrected chi connectivity index (χ4v) is 3.32. The van der Waals surface area contributed by atoms with Gasteiger partial charge in [-0.15, -0.1) is 0 Å². The maximum atomic E-state index is 12.3. The Morgan fingerprint density at radius 1 is 1.03 bits per heavy atom. The molecule has 0 radical (unpaired) electrons. The Hall–Kier alpha value is -3.68. The zero-order valence-corrected chi connectivity index (χ0v) is 17.0. The number of anilines is 2. The summed E-state index contributed by atoms with van der Waals surface area (Å²) in [7, 11) is 1.54. The fourth-order valence-electron chi connectivity index (χ4n) is 3.32. The standard InChI is InChI=1S/C22H24N4O4/c1-14-17(22(30)23-2)5-3-6-18(14)25-19(27)13-24-21(29)15-8-10-16(11-9-15)26-12-4-7-20(26)28/h3,5-6,8-11H,4,7,12-13H2,1-2H3,(H,23,30)(H,24,29)(H,25,27). The van der Waals surface area contributed by atoms with Crippen LogP contribution in [0.4, 0.5) is 11.4 Å².